The van der Waals surface area contributed by atoms with Gasteiger partial charge in [-0.3, -0.25) is 4.68 Å². The Hall–Kier alpha value is -3.55. The molecule has 0 radical (unpaired) electrons. The van der Waals surface area contributed by atoms with Crippen molar-refractivity contribution in [1.82, 2.24) is 24.9 Å². The molecule has 136 valence electrons. The highest BCUT2D eigenvalue weighted by atomic mass is 19.1. The van der Waals surface area contributed by atoms with Gasteiger partial charge in [0.25, 0.3) is 5.89 Å². The molecule has 1 N–H and O–H groups in total. The summed E-state index contributed by atoms with van der Waals surface area (Å²) in [7, 11) is 0. The van der Waals surface area contributed by atoms with Gasteiger partial charge in [0, 0.05) is 31.7 Å². The van der Waals surface area contributed by atoms with Crippen LogP contribution in [0.1, 0.15) is 6.42 Å². The van der Waals surface area contributed by atoms with Crippen molar-refractivity contribution in [2.45, 2.75) is 13.0 Å². The summed E-state index contributed by atoms with van der Waals surface area (Å²) in [5, 5.41) is 11.3. The molecule has 0 fully saturated rings. The van der Waals surface area contributed by atoms with Crippen LogP contribution in [-0.2, 0) is 6.54 Å². The Morgan fingerprint density at radius 2 is 2.04 bits per heavy atom. The van der Waals surface area contributed by atoms with Crippen LogP contribution in [0.3, 0.4) is 0 Å². The van der Waals surface area contributed by atoms with E-state index in [0.717, 1.165) is 25.3 Å². The molecule has 3 aromatic heterocycles. The monoisotopic (exact) mass is 364 g/mol. The van der Waals surface area contributed by atoms with Crippen LogP contribution >= 0.6 is 0 Å². The molecule has 3 heterocycles. The summed E-state index contributed by atoms with van der Waals surface area (Å²) in [5.74, 6) is 0.876. The summed E-state index contributed by atoms with van der Waals surface area (Å²) in [6.45, 7) is 1.63. The molecule has 7 nitrogen and oxygen atoms in total. The number of rotatable bonds is 7. The predicted molar refractivity (Wildman–Crippen MR) is 98.3 cm³/mol. The van der Waals surface area contributed by atoms with E-state index in [1.807, 2.05) is 29.1 Å². The zero-order valence-corrected chi connectivity index (χ0v) is 14.4. The van der Waals surface area contributed by atoms with Crippen molar-refractivity contribution in [2.75, 3.05) is 11.9 Å². The minimum atomic E-state index is -0.391. The summed E-state index contributed by atoms with van der Waals surface area (Å²) in [4.78, 5) is 8.61. The van der Waals surface area contributed by atoms with Crippen molar-refractivity contribution in [3.05, 3.63) is 66.9 Å². The molecule has 27 heavy (non-hydrogen) atoms. The number of hydrogen-bond donors (Lipinski definition) is 1. The van der Waals surface area contributed by atoms with E-state index in [-0.39, 0.29) is 5.82 Å². The maximum atomic E-state index is 13.8. The van der Waals surface area contributed by atoms with Gasteiger partial charge in [-0.1, -0.05) is 17.3 Å². The van der Waals surface area contributed by atoms with Crippen molar-refractivity contribution >= 4 is 5.82 Å². The molecule has 0 saturated heterocycles. The lowest BCUT2D eigenvalue weighted by Gasteiger charge is -2.05. The second-order valence-corrected chi connectivity index (χ2v) is 5.88. The van der Waals surface area contributed by atoms with E-state index in [2.05, 4.69) is 25.5 Å². The molecular weight excluding hydrogens is 347 g/mol. The Kier molecular flexibility index (Phi) is 4.86. The van der Waals surface area contributed by atoms with E-state index in [1.54, 1.807) is 30.6 Å². The van der Waals surface area contributed by atoms with Gasteiger partial charge in [-0.2, -0.15) is 10.1 Å². The first-order valence-corrected chi connectivity index (χ1v) is 8.56. The average Bonchev–Trinajstić information content (AvgIpc) is 3.38. The normalized spacial score (nSPS) is 10.9. The zero-order valence-electron chi connectivity index (χ0n) is 14.4. The van der Waals surface area contributed by atoms with Crippen molar-refractivity contribution in [3.63, 3.8) is 0 Å². The Balaban J connectivity index is 1.37. The Bertz CT molecular complexity index is 997. The van der Waals surface area contributed by atoms with Gasteiger partial charge in [-0.25, -0.2) is 9.37 Å². The third-order valence-electron chi connectivity index (χ3n) is 3.98. The number of hydrogen-bond acceptors (Lipinski definition) is 6. The van der Waals surface area contributed by atoms with Crippen molar-refractivity contribution in [1.29, 1.82) is 0 Å². The van der Waals surface area contributed by atoms with E-state index >= 15 is 0 Å². The lowest BCUT2D eigenvalue weighted by atomic mass is 10.2. The molecular formula is C19H17FN6O. The fourth-order valence-corrected chi connectivity index (χ4v) is 2.61. The van der Waals surface area contributed by atoms with Crippen LogP contribution in [-0.4, -0.2) is 31.4 Å². The van der Waals surface area contributed by atoms with Crippen LogP contribution in [0.25, 0.3) is 22.8 Å². The number of nitrogens with one attached hydrogen (secondary N) is 1. The van der Waals surface area contributed by atoms with Gasteiger partial charge in [0.1, 0.15) is 11.6 Å². The maximum Gasteiger partial charge on any atom is 0.259 e. The van der Waals surface area contributed by atoms with Crippen molar-refractivity contribution < 1.29 is 8.91 Å². The molecule has 0 bridgehead atoms. The molecule has 4 rings (SSSR count). The van der Waals surface area contributed by atoms with Gasteiger partial charge >= 0.3 is 0 Å². The second kappa shape index (κ2) is 7.77. The SMILES string of the molecule is Fc1ccccc1-c1noc(-c2ccc(NCCCn3cccn3)nc2)n1. The first-order valence-electron chi connectivity index (χ1n) is 8.56. The molecule has 0 atom stereocenters. The smallest absolute Gasteiger partial charge is 0.259 e. The number of anilines is 1. The first kappa shape index (κ1) is 16.9. The van der Waals surface area contributed by atoms with Gasteiger partial charge < -0.3 is 9.84 Å². The third-order valence-corrected chi connectivity index (χ3v) is 3.98. The van der Waals surface area contributed by atoms with Gasteiger partial charge in [-0.15, -0.1) is 0 Å². The fourth-order valence-electron chi connectivity index (χ4n) is 2.61. The van der Waals surface area contributed by atoms with Gasteiger partial charge in [-0.05, 0) is 36.8 Å². The molecule has 0 aliphatic heterocycles. The van der Waals surface area contributed by atoms with Crippen LogP contribution in [0.2, 0.25) is 0 Å². The maximum absolute atomic E-state index is 13.8. The van der Waals surface area contributed by atoms with Crippen molar-refractivity contribution in [2.24, 2.45) is 0 Å². The molecule has 8 heteroatoms. The van der Waals surface area contributed by atoms with Gasteiger partial charge in [0.15, 0.2) is 0 Å². The Morgan fingerprint density at radius 1 is 1.11 bits per heavy atom. The number of aryl methyl sites for hydroxylation is 1. The molecule has 0 aliphatic rings. The number of pyridine rings is 1. The highest BCUT2D eigenvalue weighted by molar-refractivity contribution is 5.60. The second-order valence-electron chi connectivity index (χ2n) is 5.88. The lowest BCUT2D eigenvalue weighted by molar-refractivity contribution is 0.431. The van der Waals surface area contributed by atoms with E-state index in [1.165, 1.54) is 6.07 Å². The summed E-state index contributed by atoms with van der Waals surface area (Å²) in [6.07, 6.45) is 6.28. The Morgan fingerprint density at radius 3 is 2.81 bits per heavy atom. The third kappa shape index (κ3) is 4.00. The summed E-state index contributed by atoms with van der Waals surface area (Å²) in [6, 6.07) is 11.9. The molecule has 0 aliphatic carbocycles. The number of benzene rings is 1. The number of halogens is 1. The highest BCUT2D eigenvalue weighted by Gasteiger charge is 2.13. The lowest BCUT2D eigenvalue weighted by Crippen LogP contribution is -2.07. The zero-order chi connectivity index (χ0) is 18.5. The highest BCUT2D eigenvalue weighted by Crippen LogP contribution is 2.24. The summed E-state index contributed by atoms with van der Waals surface area (Å²) >= 11 is 0. The van der Waals surface area contributed by atoms with Crippen molar-refractivity contribution in [3.8, 4) is 22.8 Å². The molecule has 4 aromatic rings. The van der Waals surface area contributed by atoms with Crippen LogP contribution in [0.4, 0.5) is 10.2 Å². The predicted octanol–water partition coefficient (Wildman–Crippen LogP) is 3.64. The summed E-state index contributed by atoms with van der Waals surface area (Å²) in [5.41, 5.74) is 0.975. The fraction of sp³-hybridized carbons (Fsp3) is 0.158. The standard InChI is InChI=1S/C19H17FN6O/c20-16-6-2-1-5-15(16)18-24-19(27-25-18)14-7-8-17(22-13-14)21-9-3-11-26-12-4-10-23-26/h1-2,4-8,10,12-13H,3,9,11H2,(H,21,22). The largest absolute Gasteiger partial charge is 0.370 e. The average molecular weight is 364 g/mol. The minimum Gasteiger partial charge on any atom is -0.370 e. The first-order chi connectivity index (χ1) is 13.3. The van der Waals surface area contributed by atoms with Crippen LogP contribution in [0.5, 0.6) is 0 Å². The van der Waals surface area contributed by atoms with Crippen LogP contribution in [0, 0.1) is 5.82 Å². The van der Waals surface area contributed by atoms with E-state index in [9.17, 15) is 4.39 Å². The quantitative estimate of drug-likeness (QED) is 0.504. The van der Waals surface area contributed by atoms with Crippen LogP contribution < -0.4 is 5.32 Å². The van der Waals surface area contributed by atoms with Gasteiger partial charge in [0.05, 0.1) is 11.1 Å². The number of aromatic nitrogens is 5. The molecule has 0 saturated carbocycles. The minimum absolute atomic E-state index is 0.212. The van der Waals surface area contributed by atoms with E-state index in [4.69, 9.17) is 4.52 Å². The summed E-state index contributed by atoms with van der Waals surface area (Å²) < 4.78 is 21.0. The molecule has 0 amide bonds. The number of nitrogens with zero attached hydrogens (tertiary/aromatic N) is 5. The molecule has 0 unspecified atom stereocenters. The van der Waals surface area contributed by atoms with E-state index in [0.29, 0.717) is 17.0 Å². The molecule has 0 spiro atoms. The van der Waals surface area contributed by atoms with Gasteiger partial charge in [0.2, 0.25) is 5.82 Å². The molecule has 1 aromatic carbocycles. The topological polar surface area (TPSA) is 81.7 Å². The Labute approximate surface area is 154 Å². The van der Waals surface area contributed by atoms with Crippen LogP contribution in [0.15, 0.2) is 65.6 Å². The van der Waals surface area contributed by atoms with E-state index < -0.39 is 5.82 Å².